The zero-order valence-corrected chi connectivity index (χ0v) is 12.6. The van der Waals surface area contributed by atoms with Crippen LogP contribution >= 0.6 is 31.9 Å². The maximum Gasteiger partial charge on any atom is 0.308 e. The highest BCUT2D eigenvalue weighted by Gasteiger charge is 2.02. The van der Waals surface area contributed by atoms with Crippen LogP contribution in [0.25, 0.3) is 0 Å². The van der Waals surface area contributed by atoms with Crippen molar-refractivity contribution >= 4 is 43.7 Å². The molecule has 0 spiro atoms. The Morgan fingerprint density at radius 1 is 1.59 bits per heavy atom. The van der Waals surface area contributed by atoms with Crippen LogP contribution in [0.2, 0.25) is 0 Å². The lowest BCUT2D eigenvalue weighted by Gasteiger charge is -2.05. The molecule has 0 aliphatic carbocycles. The fraction of sp³-hybridized carbons (Fsp3) is 0.400. The third kappa shape index (κ3) is 7.98. The van der Waals surface area contributed by atoms with Gasteiger partial charge in [0.05, 0.1) is 23.3 Å². The first kappa shape index (κ1) is 16.2. The third-order valence-electron chi connectivity index (χ3n) is 1.55. The second kappa shape index (κ2) is 9.23. The van der Waals surface area contributed by atoms with E-state index in [0.29, 0.717) is 21.4 Å². The van der Waals surface area contributed by atoms with Gasteiger partial charge in [0.15, 0.2) is 5.90 Å². The van der Waals surface area contributed by atoms with Crippen molar-refractivity contribution in [2.24, 2.45) is 10.7 Å². The number of carbonyl (C=O) groups excluding carboxylic acids is 1. The number of hydrogen-bond donors (Lipinski definition) is 1. The molecule has 0 atom stereocenters. The first-order valence-electron chi connectivity index (χ1n) is 4.64. The second-order valence-corrected chi connectivity index (χ2v) is 4.25. The molecule has 0 aliphatic rings. The predicted octanol–water partition coefficient (Wildman–Crippen LogP) is 2.07. The molecule has 0 aromatic heterocycles. The number of methoxy groups -OCH3 is 1. The summed E-state index contributed by atoms with van der Waals surface area (Å²) in [7, 11) is 1.33. The molecule has 0 fully saturated rings. The molecule has 0 bridgehead atoms. The summed E-state index contributed by atoms with van der Waals surface area (Å²) in [4.78, 5) is 14.9. The van der Waals surface area contributed by atoms with Crippen molar-refractivity contribution in [3.63, 3.8) is 0 Å². The lowest BCUT2D eigenvalue weighted by Crippen LogP contribution is -2.11. The fourth-order valence-corrected chi connectivity index (χ4v) is 1.09. The van der Waals surface area contributed by atoms with Gasteiger partial charge in [0.1, 0.15) is 6.61 Å². The summed E-state index contributed by atoms with van der Waals surface area (Å²) in [6, 6.07) is 0. The van der Waals surface area contributed by atoms with Gasteiger partial charge in [-0.1, -0.05) is 22.5 Å². The van der Waals surface area contributed by atoms with E-state index in [9.17, 15) is 4.79 Å². The van der Waals surface area contributed by atoms with E-state index in [1.54, 1.807) is 0 Å². The molecule has 5 nitrogen and oxygen atoms in total. The summed E-state index contributed by atoms with van der Waals surface area (Å²) in [6.45, 7) is 3.75. The molecule has 7 heteroatoms. The second-order valence-electron chi connectivity index (χ2n) is 2.83. The van der Waals surface area contributed by atoms with Gasteiger partial charge < -0.3 is 15.2 Å². The number of rotatable bonds is 6. The Hall–Kier alpha value is -0.820. The van der Waals surface area contributed by atoms with Gasteiger partial charge >= 0.3 is 5.97 Å². The van der Waals surface area contributed by atoms with Crippen LogP contribution in [0.15, 0.2) is 28.0 Å². The molecule has 0 saturated heterocycles. The summed E-state index contributed by atoms with van der Waals surface area (Å²) >= 11 is 6.40. The topological polar surface area (TPSA) is 73.9 Å². The van der Waals surface area contributed by atoms with Crippen LogP contribution in [0.5, 0.6) is 0 Å². The van der Waals surface area contributed by atoms with Gasteiger partial charge in [-0.15, -0.1) is 0 Å². The van der Waals surface area contributed by atoms with Gasteiger partial charge in [-0.25, -0.2) is 4.99 Å². The number of ether oxygens (including phenoxy) is 2. The number of nitrogens with zero attached hydrogens (tertiary/aromatic N) is 1. The fourth-order valence-electron chi connectivity index (χ4n) is 0.676. The minimum absolute atomic E-state index is 0.178. The average molecular weight is 370 g/mol. The molecule has 0 aliphatic heterocycles. The Morgan fingerprint density at radius 2 is 2.24 bits per heavy atom. The smallest absolute Gasteiger partial charge is 0.308 e. The van der Waals surface area contributed by atoms with E-state index in [2.05, 4.69) is 48.2 Å². The largest absolute Gasteiger partial charge is 0.480 e. The van der Waals surface area contributed by atoms with Crippen LogP contribution < -0.4 is 5.73 Å². The Balaban J connectivity index is 4.24. The highest BCUT2D eigenvalue weighted by atomic mass is 79.9. The zero-order chi connectivity index (χ0) is 13.3. The van der Waals surface area contributed by atoms with Gasteiger partial charge in [0, 0.05) is 11.9 Å². The number of carbonyl (C=O) groups is 1. The summed E-state index contributed by atoms with van der Waals surface area (Å²) in [5.41, 5.74) is 5.80. The molecular weight excluding hydrogens is 356 g/mol. The van der Waals surface area contributed by atoms with E-state index in [1.165, 1.54) is 13.3 Å². The van der Waals surface area contributed by atoms with E-state index in [-0.39, 0.29) is 19.0 Å². The number of allylic oxidation sites excluding steroid dienone is 1. The molecule has 0 heterocycles. The van der Waals surface area contributed by atoms with Gasteiger partial charge in [-0.2, -0.15) is 0 Å². The molecule has 0 radical (unpaired) electrons. The Bertz CT molecular complexity index is 340. The monoisotopic (exact) mass is 368 g/mol. The first-order valence-corrected chi connectivity index (χ1v) is 6.55. The van der Waals surface area contributed by atoms with Gasteiger partial charge in [-0.05, 0) is 15.9 Å². The van der Waals surface area contributed by atoms with E-state index in [0.717, 1.165) is 0 Å². The minimum atomic E-state index is -0.328. The molecule has 17 heavy (non-hydrogen) atoms. The van der Waals surface area contributed by atoms with Gasteiger partial charge in [0.2, 0.25) is 0 Å². The third-order valence-corrected chi connectivity index (χ3v) is 2.74. The Morgan fingerprint density at radius 3 is 2.71 bits per heavy atom. The first-order chi connectivity index (χ1) is 8.01. The van der Waals surface area contributed by atoms with Crippen LogP contribution in [0.1, 0.15) is 6.42 Å². The predicted molar refractivity (Wildman–Crippen MR) is 74.2 cm³/mol. The molecule has 96 valence electrons. The van der Waals surface area contributed by atoms with Crippen molar-refractivity contribution in [2.45, 2.75) is 6.42 Å². The summed E-state index contributed by atoms with van der Waals surface area (Å²) in [5, 5.41) is 0.433. The maximum atomic E-state index is 10.8. The highest BCUT2D eigenvalue weighted by molar-refractivity contribution is 9.12. The maximum absolute atomic E-state index is 10.8. The van der Waals surface area contributed by atoms with E-state index >= 15 is 0 Å². The number of nitrogens with two attached hydrogens (primary N) is 1. The van der Waals surface area contributed by atoms with Crippen molar-refractivity contribution in [1.82, 2.24) is 0 Å². The highest BCUT2D eigenvalue weighted by Crippen LogP contribution is 2.10. The van der Waals surface area contributed by atoms with Crippen LogP contribution in [-0.4, -0.2) is 30.9 Å². The average Bonchev–Trinajstić information content (AvgIpc) is 2.32. The zero-order valence-electron chi connectivity index (χ0n) is 9.41. The summed E-state index contributed by atoms with van der Waals surface area (Å²) < 4.78 is 10.3. The lowest BCUT2D eigenvalue weighted by molar-refractivity contribution is -0.141. The van der Waals surface area contributed by atoms with Gasteiger partial charge in [0.25, 0.3) is 0 Å². The van der Waals surface area contributed by atoms with Crippen LogP contribution in [0, 0.1) is 0 Å². The molecule has 0 aromatic rings. The molecular formula is C10H14Br2N2O3. The number of aliphatic imine (C=N–C) groups is 1. The van der Waals surface area contributed by atoms with E-state index in [4.69, 9.17) is 10.5 Å². The Labute approximate surface area is 117 Å². The number of hydrogen-bond acceptors (Lipinski definition) is 5. The molecule has 0 amide bonds. The number of alkyl halides is 1. The van der Waals surface area contributed by atoms with Crippen molar-refractivity contribution in [3.8, 4) is 0 Å². The van der Waals surface area contributed by atoms with Crippen LogP contribution in [0.3, 0.4) is 0 Å². The lowest BCUT2D eigenvalue weighted by atomic mass is 10.5. The quantitative estimate of drug-likeness (QED) is 0.256. The van der Waals surface area contributed by atoms with Gasteiger partial charge in [-0.3, -0.25) is 4.79 Å². The Kier molecular flexibility index (Phi) is 8.79. The number of esters is 1. The molecule has 0 aromatic carbocycles. The van der Waals surface area contributed by atoms with Crippen molar-refractivity contribution < 1.29 is 14.3 Å². The number of halogens is 2. The molecule has 2 N–H and O–H groups in total. The standard InChI is InChI=1S/C10H14Br2N2O3/c1-7(13)8(12)6-14-9(5-11)17-4-3-10(15)16-2/h6H,1,3-5,13H2,2H3/b8-6+,14-9?. The van der Waals surface area contributed by atoms with Crippen molar-refractivity contribution in [3.05, 3.63) is 23.0 Å². The normalized spacial score (nSPS) is 12.2. The minimum Gasteiger partial charge on any atom is -0.480 e. The van der Waals surface area contributed by atoms with E-state index in [1.807, 2.05) is 0 Å². The molecule has 0 unspecified atom stereocenters. The van der Waals surface area contributed by atoms with Crippen molar-refractivity contribution in [2.75, 3.05) is 19.0 Å². The summed E-state index contributed by atoms with van der Waals surface area (Å²) in [6.07, 6.45) is 1.66. The SMILES string of the molecule is C=C(N)/C(Br)=C\N=C(CBr)OCCC(=O)OC. The van der Waals surface area contributed by atoms with Crippen LogP contribution in [-0.2, 0) is 14.3 Å². The molecule has 0 saturated carbocycles. The van der Waals surface area contributed by atoms with Crippen molar-refractivity contribution in [1.29, 1.82) is 0 Å². The van der Waals surface area contributed by atoms with E-state index < -0.39 is 0 Å². The van der Waals surface area contributed by atoms with Crippen LogP contribution in [0.4, 0.5) is 0 Å². The molecule has 0 rings (SSSR count). The summed E-state index contributed by atoms with van der Waals surface area (Å²) in [5.74, 6) is 0.109.